The fraction of sp³-hybridized carbons (Fsp3) is 0.472. The summed E-state index contributed by atoms with van der Waals surface area (Å²) in [7, 11) is -0.154. The fourth-order valence-electron chi connectivity index (χ4n) is 7.59. The molecule has 17 heteroatoms. The molecule has 0 saturated carbocycles. The van der Waals surface area contributed by atoms with Crippen LogP contribution in [0.3, 0.4) is 0 Å². The normalized spacial score (nSPS) is 21.3. The topological polar surface area (TPSA) is 143 Å². The number of urea groups is 1. The van der Waals surface area contributed by atoms with Gasteiger partial charge in [0.15, 0.2) is 17.2 Å². The molecule has 0 unspecified atom stereocenters. The first-order valence-corrected chi connectivity index (χ1v) is 18.9. The van der Waals surface area contributed by atoms with Crippen LogP contribution in [-0.2, 0) is 25.1 Å². The molecule has 3 fully saturated rings. The number of hydrogen-bond donors (Lipinski definition) is 1. The average molecular weight is 757 g/mol. The summed E-state index contributed by atoms with van der Waals surface area (Å²) in [6.45, 7) is 5.68. The number of methoxy groups -OCH3 is 2. The minimum Gasteiger partial charge on any atom is -0.497 e. The third kappa shape index (κ3) is 6.22. The van der Waals surface area contributed by atoms with E-state index in [-0.39, 0.29) is 41.2 Å². The third-order valence-corrected chi connectivity index (χ3v) is 12.5. The zero-order chi connectivity index (χ0) is 37.7. The first kappa shape index (κ1) is 36.8. The number of hydrogen-bond acceptors (Lipinski definition) is 11. The number of benzene rings is 2. The summed E-state index contributed by atoms with van der Waals surface area (Å²) in [5.41, 5.74) is -3.29. The van der Waals surface area contributed by atoms with Gasteiger partial charge in [-0.15, -0.1) is 0 Å². The maximum absolute atomic E-state index is 15.3. The molecule has 284 valence electrons. The number of fused-ring (bicyclic) bond motifs is 1. The molecule has 2 aromatic carbocycles. The number of pyridine rings is 1. The number of rotatable bonds is 11. The molecule has 0 aliphatic carbocycles. The van der Waals surface area contributed by atoms with Crippen molar-refractivity contribution in [1.82, 2.24) is 25.0 Å². The Labute approximate surface area is 306 Å². The van der Waals surface area contributed by atoms with E-state index in [1.54, 1.807) is 6.92 Å². The van der Waals surface area contributed by atoms with E-state index in [9.17, 15) is 13.2 Å². The molecule has 1 atom stereocenters. The van der Waals surface area contributed by atoms with Gasteiger partial charge in [0.1, 0.15) is 16.4 Å². The van der Waals surface area contributed by atoms with Gasteiger partial charge in [-0.05, 0) is 57.1 Å². The Hall–Kier alpha value is -4.58. The fourth-order valence-corrected chi connectivity index (χ4v) is 9.19. The van der Waals surface area contributed by atoms with Gasteiger partial charge in [0.2, 0.25) is 5.88 Å². The molecular weight excluding hydrogens is 714 g/mol. The molecule has 3 saturated heterocycles. The Bertz CT molecular complexity index is 2010. The van der Waals surface area contributed by atoms with Crippen LogP contribution >= 0.6 is 0 Å². The molecule has 5 heterocycles. The summed E-state index contributed by atoms with van der Waals surface area (Å²) in [6.07, 6.45) is 3.36. The molecule has 1 N–H and O–H groups in total. The summed E-state index contributed by atoms with van der Waals surface area (Å²) >= 11 is 0. The average Bonchev–Trinajstić information content (AvgIpc) is 3.34. The van der Waals surface area contributed by atoms with E-state index in [0.717, 1.165) is 45.2 Å². The highest BCUT2D eigenvalue weighted by molar-refractivity contribution is 7.93. The number of piperidine rings is 1. The van der Waals surface area contributed by atoms with E-state index in [0.29, 0.717) is 35.5 Å². The Morgan fingerprint density at radius 3 is 2.40 bits per heavy atom. The second kappa shape index (κ2) is 14.3. The largest absolute Gasteiger partial charge is 0.497 e. The van der Waals surface area contributed by atoms with Crippen LogP contribution < -0.4 is 23.8 Å². The lowest BCUT2D eigenvalue weighted by molar-refractivity contribution is -0.121. The number of aromatic nitrogens is 1. The number of sulfonamides is 1. The summed E-state index contributed by atoms with van der Waals surface area (Å²) in [5.74, 6) is -3.99. The van der Waals surface area contributed by atoms with Crippen molar-refractivity contribution in [2.75, 3.05) is 71.6 Å². The molecule has 14 nitrogen and oxygen atoms in total. The quantitative estimate of drug-likeness (QED) is 0.309. The van der Waals surface area contributed by atoms with Gasteiger partial charge in [0.25, 0.3) is 15.9 Å². The number of likely N-dealkylation sites (tertiary alicyclic amines) is 2. The first-order chi connectivity index (χ1) is 25.4. The second-order valence-corrected chi connectivity index (χ2v) is 15.3. The number of nitrogens with one attached hydrogen (secondary N) is 1. The molecule has 53 heavy (non-hydrogen) atoms. The third-order valence-electron chi connectivity index (χ3n) is 10.7. The van der Waals surface area contributed by atoms with Gasteiger partial charge in [0.05, 0.1) is 51.3 Å². The molecule has 3 aromatic rings. The Morgan fingerprint density at radius 2 is 1.75 bits per heavy atom. The van der Waals surface area contributed by atoms with Crippen LogP contribution in [0.1, 0.15) is 30.9 Å². The number of halogens is 2. The Kier molecular flexibility index (Phi) is 9.95. The van der Waals surface area contributed by atoms with Crippen molar-refractivity contribution in [1.29, 1.82) is 0 Å². The van der Waals surface area contributed by atoms with Crippen LogP contribution in [0.4, 0.5) is 19.3 Å². The van der Waals surface area contributed by atoms with Gasteiger partial charge < -0.3 is 29.2 Å². The van der Waals surface area contributed by atoms with Crippen LogP contribution in [0.25, 0.3) is 0 Å². The van der Waals surface area contributed by atoms with E-state index in [4.69, 9.17) is 18.9 Å². The highest BCUT2D eigenvalue weighted by Crippen LogP contribution is 2.50. The zero-order valence-corrected chi connectivity index (χ0v) is 30.7. The second-order valence-electron chi connectivity index (χ2n) is 13.5. The highest BCUT2D eigenvalue weighted by atomic mass is 32.2. The van der Waals surface area contributed by atoms with E-state index >= 15 is 13.6 Å². The minimum absolute atomic E-state index is 0.0630. The number of carbonyl (C=O) groups excluding carboxylic acids is 2. The molecule has 4 aliphatic rings. The van der Waals surface area contributed by atoms with Crippen LogP contribution in [0.5, 0.6) is 17.4 Å². The predicted molar refractivity (Wildman–Crippen MR) is 188 cm³/mol. The van der Waals surface area contributed by atoms with Crippen molar-refractivity contribution in [3.05, 3.63) is 71.4 Å². The predicted octanol–water partition coefficient (Wildman–Crippen LogP) is 2.94. The maximum Gasteiger partial charge on any atom is 0.318 e. The monoisotopic (exact) mass is 756 g/mol. The molecule has 0 bridgehead atoms. The van der Waals surface area contributed by atoms with Gasteiger partial charge in [-0.2, -0.15) is 4.31 Å². The summed E-state index contributed by atoms with van der Waals surface area (Å²) in [4.78, 5) is 39.3. The zero-order valence-electron chi connectivity index (χ0n) is 29.9. The standard InChI is InChI=1S/C36H42F2N6O8S/c1-5-52-33-26(7-6-12-39-33)36(40-35(46)43-18-23(19-43)42-13-10-22(11-14-42)41(2)24-20-51-21-24)27-16-28(37)29(38)17-30(27)44(34(36)45)53(47,48)32-9-8-25(49-3)15-31(32)50-4/h6-9,12,15-17,22-24H,5,10-11,13-14,18-21H2,1-4H3,(H,40,46)/t36-/m1/s1. The Balaban J connectivity index is 1.23. The summed E-state index contributed by atoms with van der Waals surface area (Å²) < 4.78 is 81.4. The maximum atomic E-state index is 15.3. The number of carbonyl (C=O) groups is 2. The van der Waals surface area contributed by atoms with Crippen LogP contribution in [-0.4, -0.2) is 125 Å². The van der Waals surface area contributed by atoms with Crippen molar-refractivity contribution in [2.24, 2.45) is 0 Å². The smallest absolute Gasteiger partial charge is 0.318 e. The highest BCUT2D eigenvalue weighted by Gasteiger charge is 2.60. The van der Waals surface area contributed by atoms with Crippen molar-refractivity contribution in [3.63, 3.8) is 0 Å². The van der Waals surface area contributed by atoms with Crippen molar-refractivity contribution < 1.29 is 45.7 Å². The van der Waals surface area contributed by atoms with Crippen LogP contribution in [0.15, 0.2) is 53.6 Å². The van der Waals surface area contributed by atoms with Crippen LogP contribution in [0, 0.1) is 11.6 Å². The molecule has 7 rings (SSSR count). The summed E-state index contributed by atoms with van der Waals surface area (Å²) in [5, 5.41) is 2.77. The van der Waals surface area contributed by atoms with E-state index in [2.05, 4.69) is 27.1 Å². The molecule has 3 amide bonds. The lowest BCUT2D eigenvalue weighted by Crippen LogP contribution is -2.67. The van der Waals surface area contributed by atoms with Crippen LogP contribution in [0.2, 0.25) is 0 Å². The first-order valence-electron chi connectivity index (χ1n) is 17.4. The summed E-state index contributed by atoms with van der Waals surface area (Å²) in [6, 6.07) is 8.36. The lowest BCUT2D eigenvalue weighted by atomic mass is 9.84. The van der Waals surface area contributed by atoms with E-state index < -0.39 is 49.7 Å². The van der Waals surface area contributed by atoms with Gasteiger partial charge in [0, 0.05) is 62.2 Å². The number of anilines is 1. The van der Waals surface area contributed by atoms with E-state index in [1.165, 1.54) is 55.6 Å². The van der Waals surface area contributed by atoms with Gasteiger partial charge in [-0.3, -0.25) is 14.6 Å². The molecule has 0 radical (unpaired) electrons. The number of likely N-dealkylation sites (N-methyl/N-ethyl adjacent to an activating group) is 1. The van der Waals surface area contributed by atoms with Crippen molar-refractivity contribution >= 4 is 27.6 Å². The lowest BCUT2D eigenvalue weighted by Gasteiger charge is -2.50. The van der Waals surface area contributed by atoms with Gasteiger partial charge in [-0.1, -0.05) is 0 Å². The molecule has 1 aromatic heterocycles. The van der Waals surface area contributed by atoms with Gasteiger partial charge >= 0.3 is 6.03 Å². The van der Waals surface area contributed by atoms with E-state index in [1.807, 2.05) is 0 Å². The van der Waals surface area contributed by atoms with Crippen molar-refractivity contribution in [2.45, 2.75) is 48.3 Å². The number of ether oxygens (including phenoxy) is 4. The van der Waals surface area contributed by atoms with Crippen molar-refractivity contribution in [3.8, 4) is 17.4 Å². The molecular formula is C36H42F2N6O8S. The Morgan fingerprint density at radius 1 is 1.04 bits per heavy atom. The minimum atomic E-state index is -4.92. The molecule has 0 spiro atoms. The SMILES string of the molecule is CCOc1ncccc1[C@]1(NC(=O)N2CC(N3CCC(N(C)C4COC4)CC3)C2)C(=O)N(S(=O)(=O)c2ccc(OC)cc2OC)c2cc(F)c(F)cc21. The number of nitrogens with zero attached hydrogens (tertiary/aromatic N) is 5. The van der Waals surface area contributed by atoms with Gasteiger partial charge in [-0.25, -0.2) is 27.0 Å². The number of amides is 3. The molecule has 4 aliphatic heterocycles.